The molecule has 1 saturated heterocycles. The maximum atomic E-state index is 12.8. The molecular weight excluding hydrogens is 430 g/mol. The lowest BCUT2D eigenvalue weighted by atomic mass is 10.0. The van der Waals surface area contributed by atoms with Crippen LogP contribution in [0.3, 0.4) is 0 Å². The van der Waals surface area contributed by atoms with Crippen LogP contribution in [0.1, 0.15) is 13.3 Å². The first-order valence-electron chi connectivity index (χ1n) is 8.48. The molecule has 3 rings (SSSR count). The molecule has 2 N–H and O–H groups in total. The lowest BCUT2D eigenvalue weighted by Crippen LogP contribution is -2.71. The number of oxime groups is 1. The molecule has 9 nitrogen and oxygen atoms in total. The number of nitrogens with zero attached hydrogens (tertiary/aromatic N) is 2. The lowest BCUT2D eigenvalue weighted by molar-refractivity contribution is -0.150. The number of rotatable bonds is 7. The third-order valence-electron chi connectivity index (χ3n) is 3.96. The SMILES string of the molecule is CCCON=C(C(=O)NC1C(=O)N2C(C(=O)O)=C(Cl)CS[C@@H]12)C1=CSCCO1. The quantitative estimate of drug-likeness (QED) is 0.259. The van der Waals surface area contributed by atoms with Crippen molar-refractivity contribution in [1.29, 1.82) is 0 Å². The molecule has 0 radical (unpaired) electrons. The number of carbonyl (C=O) groups is 3. The number of halogens is 1. The summed E-state index contributed by atoms with van der Waals surface area (Å²) in [6.07, 6.45) is 0.715. The molecule has 152 valence electrons. The smallest absolute Gasteiger partial charge is 0.353 e. The summed E-state index contributed by atoms with van der Waals surface area (Å²) < 4.78 is 5.49. The second-order valence-corrected chi connectivity index (χ2v) is 8.43. The van der Waals surface area contributed by atoms with Gasteiger partial charge in [-0.25, -0.2) is 4.79 Å². The van der Waals surface area contributed by atoms with Crippen molar-refractivity contribution in [2.45, 2.75) is 24.8 Å². The molecule has 2 amide bonds. The van der Waals surface area contributed by atoms with Crippen molar-refractivity contribution >= 4 is 58.6 Å². The zero-order valence-corrected chi connectivity index (χ0v) is 17.2. The highest BCUT2D eigenvalue weighted by atomic mass is 35.5. The van der Waals surface area contributed by atoms with E-state index in [1.165, 1.54) is 23.5 Å². The van der Waals surface area contributed by atoms with Gasteiger partial charge in [0.25, 0.3) is 11.8 Å². The number of β-lactam (4-membered cyclic amide) rings is 1. The van der Waals surface area contributed by atoms with Gasteiger partial charge in [-0.2, -0.15) is 0 Å². The van der Waals surface area contributed by atoms with Gasteiger partial charge in [-0.05, 0) is 6.42 Å². The average Bonchev–Trinajstić information content (AvgIpc) is 2.69. The topological polar surface area (TPSA) is 118 Å². The van der Waals surface area contributed by atoms with E-state index in [1.807, 2.05) is 6.92 Å². The van der Waals surface area contributed by atoms with Crippen LogP contribution < -0.4 is 5.32 Å². The third kappa shape index (κ3) is 4.11. The van der Waals surface area contributed by atoms with Crippen molar-refractivity contribution in [3.05, 3.63) is 21.9 Å². The molecule has 0 aromatic carbocycles. The molecule has 1 fully saturated rings. The Hall–Kier alpha value is -1.85. The highest BCUT2D eigenvalue weighted by Gasteiger charge is 2.54. The van der Waals surface area contributed by atoms with Gasteiger partial charge in [0.15, 0.2) is 5.76 Å². The number of hydrogen-bond donors (Lipinski definition) is 2. The summed E-state index contributed by atoms with van der Waals surface area (Å²) in [6.45, 7) is 2.66. The Morgan fingerprint density at radius 3 is 2.96 bits per heavy atom. The molecule has 3 heterocycles. The number of thioether (sulfide) groups is 2. The molecule has 3 aliphatic rings. The summed E-state index contributed by atoms with van der Waals surface area (Å²) in [5.74, 6) is -1.16. The normalized spacial score (nSPS) is 24.6. The standard InChI is InChI=1S/C16H18ClN3O6S2/c1-2-3-26-19-10(9-7-27-5-4-25-9)13(21)18-11-14(22)20-12(16(23)24)8(17)6-28-15(11)20/h7,11,15H,2-6H2,1H3,(H,18,21)(H,23,24)/t11?,15-/m0/s1. The highest BCUT2D eigenvalue weighted by molar-refractivity contribution is 8.02. The molecule has 0 aliphatic carbocycles. The van der Waals surface area contributed by atoms with E-state index in [9.17, 15) is 19.5 Å². The number of nitrogens with one attached hydrogen (secondary N) is 1. The van der Waals surface area contributed by atoms with Gasteiger partial charge in [-0.1, -0.05) is 23.7 Å². The minimum atomic E-state index is -1.28. The molecular formula is C16H18ClN3O6S2. The van der Waals surface area contributed by atoms with Crippen LogP contribution in [0.15, 0.2) is 27.1 Å². The summed E-state index contributed by atoms with van der Waals surface area (Å²) in [7, 11) is 0. The molecule has 0 aromatic heterocycles. The maximum Gasteiger partial charge on any atom is 0.353 e. The molecule has 1 unspecified atom stereocenters. The Kier molecular flexibility index (Phi) is 6.78. The summed E-state index contributed by atoms with van der Waals surface area (Å²) in [5.41, 5.74) is -0.296. The van der Waals surface area contributed by atoms with Crippen LogP contribution in [0.2, 0.25) is 0 Å². The Bertz CT molecular complexity index is 784. The fraction of sp³-hybridized carbons (Fsp3) is 0.500. The van der Waals surface area contributed by atoms with Crippen LogP contribution >= 0.6 is 35.1 Å². The van der Waals surface area contributed by atoms with Crippen molar-refractivity contribution < 1.29 is 29.1 Å². The molecule has 0 bridgehead atoms. The zero-order valence-electron chi connectivity index (χ0n) is 14.8. The summed E-state index contributed by atoms with van der Waals surface area (Å²) >= 11 is 8.71. The fourth-order valence-electron chi connectivity index (χ4n) is 2.68. The van der Waals surface area contributed by atoms with Crippen molar-refractivity contribution in [3.8, 4) is 0 Å². The van der Waals surface area contributed by atoms with Crippen molar-refractivity contribution in [1.82, 2.24) is 10.2 Å². The number of ether oxygens (including phenoxy) is 1. The second kappa shape index (κ2) is 9.10. The molecule has 28 heavy (non-hydrogen) atoms. The van der Waals surface area contributed by atoms with Crippen LogP contribution in [-0.2, 0) is 24.0 Å². The minimum Gasteiger partial charge on any atom is -0.490 e. The van der Waals surface area contributed by atoms with Crippen LogP contribution in [0.5, 0.6) is 0 Å². The third-order valence-corrected chi connectivity index (χ3v) is 6.49. The van der Waals surface area contributed by atoms with Crippen LogP contribution in [0.4, 0.5) is 0 Å². The van der Waals surface area contributed by atoms with Crippen molar-refractivity contribution in [3.63, 3.8) is 0 Å². The molecule has 0 aromatic rings. The fourth-order valence-corrected chi connectivity index (χ4v) is 4.86. The molecule has 12 heteroatoms. The van der Waals surface area contributed by atoms with E-state index in [4.69, 9.17) is 21.2 Å². The lowest BCUT2D eigenvalue weighted by Gasteiger charge is -2.48. The number of aliphatic carboxylic acids is 1. The van der Waals surface area contributed by atoms with E-state index in [0.29, 0.717) is 19.6 Å². The van der Waals surface area contributed by atoms with Gasteiger partial charge in [0, 0.05) is 16.9 Å². The Morgan fingerprint density at radius 2 is 2.32 bits per heavy atom. The number of fused-ring (bicyclic) bond motifs is 1. The van der Waals surface area contributed by atoms with Gasteiger partial charge in [0.1, 0.15) is 23.7 Å². The van der Waals surface area contributed by atoms with Crippen LogP contribution in [0, 0.1) is 0 Å². The van der Waals surface area contributed by atoms with Gasteiger partial charge < -0.3 is 20.0 Å². The Morgan fingerprint density at radius 1 is 1.54 bits per heavy atom. The number of carboxylic acid groups (broad SMARTS) is 1. The Balaban J connectivity index is 1.74. The van der Waals surface area contributed by atoms with Gasteiger partial charge >= 0.3 is 5.97 Å². The first-order chi connectivity index (χ1) is 13.5. The first-order valence-corrected chi connectivity index (χ1v) is 11.0. The van der Waals surface area contributed by atoms with Gasteiger partial charge in [0.05, 0.1) is 11.6 Å². The average molecular weight is 448 g/mol. The van der Waals surface area contributed by atoms with Gasteiger partial charge in [-0.3, -0.25) is 14.5 Å². The van der Waals surface area contributed by atoms with Crippen molar-refractivity contribution in [2.24, 2.45) is 5.16 Å². The largest absolute Gasteiger partial charge is 0.490 e. The molecule has 3 aliphatic heterocycles. The molecule has 2 atom stereocenters. The summed E-state index contributed by atoms with van der Waals surface area (Å²) in [5, 5.41) is 17.0. The zero-order chi connectivity index (χ0) is 20.3. The first kappa shape index (κ1) is 20.9. The maximum absolute atomic E-state index is 12.8. The van der Waals surface area contributed by atoms with Gasteiger partial charge in [0.2, 0.25) is 5.71 Å². The molecule has 0 spiro atoms. The molecule has 0 saturated carbocycles. The number of amides is 2. The highest BCUT2D eigenvalue weighted by Crippen LogP contribution is 2.41. The van der Waals surface area contributed by atoms with E-state index in [-0.39, 0.29) is 28.0 Å². The summed E-state index contributed by atoms with van der Waals surface area (Å²) in [6, 6.07) is -0.884. The van der Waals surface area contributed by atoms with Crippen LogP contribution in [0.25, 0.3) is 0 Å². The summed E-state index contributed by atoms with van der Waals surface area (Å²) in [4.78, 5) is 42.9. The van der Waals surface area contributed by atoms with E-state index < -0.39 is 29.2 Å². The monoisotopic (exact) mass is 447 g/mol. The van der Waals surface area contributed by atoms with E-state index in [2.05, 4.69) is 10.5 Å². The minimum absolute atomic E-state index is 0.0558. The predicted octanol–water partition coefficient (Wildman–Crippen LogP) is 1.31. The van der Waals surface area contributed by atoms with Crippen molar-refractivity contribution in [2.75, 3.05) is 24.7 Å². The van der Waals surface area contributed by atoms with Crippen LogP contribution in [-0.4, -0.2) is 69.6 Å². The second-order valence-electron chi connectivity index (χ2n) is 5.89. The number of carboxylic acids is 1. The number of carbonyl (C=O) groups excluding carboxylic acids is 2. The van der Waals surface area contributed by atoms with E-state index in [0.717, 1.165) is 10.7 Å². The van der Waals surface area contributed by atoms with E-state index >= 15 is 0 Å². The Labute approximate surface area is 174 Å². The number of hydrogen-bond acceptors (Lipinski definition) is 8. The predicted molar refractivity (Wildman–Crippen MR) is 106 cm³/mol. The van der Waals surface area contributed by atoms with E-state index in [1.54, 1.807) is 5.41 Å². The van der Waals surface area contributed by atoms with Gasteiger partial charge in [-0.15, -0.1) is 23.5 Å².